The van der Waals surface area contributed by atoms with Crippen molar-refractivity contribution >= 4 is 23.6 Å². The van der Waals surface area contributed by atoms with Crippen molar-refractivity contribution in [3.63, 3.8) is 0 Å². The Kier molecular flexibility index (Phi) is 8.51. The van der Waals surface area contributed by atoms with Crippen LogP contribution in [-0.2, 0) is 23.9 Å². The van der Waals surface area contributed by atoms with Crippen molar-refractivity contribution in [3.8, 4) is 5.75 Å². The largest absolute Gasteiger partial charge is 0.491 e. The molecular weight excluding hydrogens is 425 g/mol. The molecule has 2 rings (SSSR count). The van der Waals surface area contributed by atoms with Gasteiger partial charge in [0.2, 0.25) is 5.91 Å². The third kappa shape index (κ3) is 7.98. The number of carbonyl (C=O) groups excluding carboxylic acids is 4. The lowest BCUT2D eigenvalue weighted by atomic mass is 10.1. The zero-order valence-electron chi connectivity index (χ0n) is 16.5. The minimum atomic E-state index is -5.29. The number of carbonyl (C=O) groups is 4. The number of ketones is 1. The average Bonchev–Trinajstić information content (AvgIpc) is 3.23. The summed E-state index contributed by atoms with van der Waals surface area (Å²) in [5.41, 5.74) is 0.232. The Bertz CT molecular complexity index is 806. The number of Topliss-reactive ketones (excluding diaryl/α,β-unsaturated/α-hetero) is 1. The first kappa shape index (κ1) is 24.3. The van der Waals surface area contributed by atoms with Crippen molar-refractivity contribution in [2.75, 3.05) is 26.3 Å². The van der Waals surface area contributed by atoms with E-state index in [-0.39, 0.29) is 24.0 Å². The maximum absolute atomic E-state index is 12.4. The molecule has 2 atom stereocenters. The molecule has 0 radical (unpaired) electrons. The molecule has 1 aliphatic rings. The molecule has 1 amide bonds. The van der Waals surface area contributed by atoms with Crippen LogP contribution in [0.25, 0.3) is 0 Å². The first-order chi connectivity index (χ1) is 14.6. The Morgan fingerprint density at radius 1 is 1.16 bits per heavy atom. The van der Waals surface area contributed by atoms with Crippen molar-refractivity contribution in [2.24, 2.45) is 0 Å². The van der Waals surface area contributed by atoms with Gasteiger partial charge in [-0.25, -0.2) is 9.59 Å². The van der Waals surface area contributed by atoms with Gasteiger partial charge in [-0.05, 0) is 44.2 Å². The number of hydrogen-bond acceptors (Lipinski definition) is 8. The van der Waals surface area contributed by atoms with Gasteiger partial charge in [-0.15, -0.1) is 0 Å². The number of esters is 2. The van der Waals surface area contributed by atoms with Crippen LogP contribution in [0.15, 0.2) is 24.3 Å². The summed E-state index contributed by atoms with van der Waals surface area (Å²) in [5.74, 6) is -4.92. The Hall–Kier alpha value is -2.99. The quantitative estimate of drug-likeness (QED) is 0.324. The molecule has 1 aromatic rings. The number of nitrogens with one attached hydrogen (secondary N) is 2. The molecule has 1 heterocycles. The van der Waals surface area contributed by atoms with Crippen molar-refractivity contribution in [1.29, 1.82) is 0 Å². The highest BCUT2D eigenvalue weighted by molar-refractivity contribution is 6.01. The smallest absolute Gasteiger partial charge is 0.482 e. The summed E-state index contributed by atoms with van der Waals surface area (Å²) >= 11 is 0. The van der Waals surface area contributed by atoms with Gasteiger partial charge in [0.1, 0.15) is 12.4 Å². The average molecular weight is 446 g/mol. The first-order valence-electron chi connectivity index (χ1n) is 9.27. The van der Waals surface area contributed by atoms with Crippen LogP contribution < -0.4 is 15.4 Å². The summed E-state index contributed by atoms with van der Waals surface area (Å²) < 4.78 is 50.0. The molecule has 0 bridgehead atoms. The Balaban J connectivity index is 1.77. The molecule has 9 nitrogen and oxygen atoms in total. The summed E-state index contributed by atoms with van der Waals surface area (Å²) in [7, 11) is 0. The van der Waals surface area contributed by atoms with E-state index in [9.17, 15) is 32.3 Å². The summed E-state index contributed by atoms with van der Waals surface area (Å²) in [4.78, 5) is 46.1. The van der Waals surface area contributed by atoms with Gasteiger partial charge in [-0.3, -0.25) is 9.59 Å². The van der Waals surface area contributed by atoms with E-state index < -0.39 is 42.5 Å². The molecular formula is C19H21F3N2O7. The lowest BCUT2D eigenvalue weighted by molar-refractivity contribution is -0.202. The van der Waals surface area contributed by atoms with Gasteiger partial charge >= 0.3 is 18.1 Å². The van der Waals surface area contributed by atoms with E-state index in [1.54, 1.807) is 0 Å². The molecule has 170 valence electrons. The van der Waals surface area contributed by atoms with E-state index in [2.05, 4.69) is 15.4 Å². The van der Waals surface area contributed by atoms with Gasteiger partial charge in [-0.2, -0.15) is 13.2 Å². The number of amides is 1. The normalized spacial score (nSPS) is 17.0. The summed E-state index contributed by atoms with van der Waals surface area (Å²) in [6, 6.07) is 4.49. The molecule has 31 heavy (non-hydrogen) atoms. The molecule has 1 aromatic carbocycles. The second-order valence-corrected chi connectivity index (χ2v) is 6.65. The number of alkyl halides is 3. The van der Waals surface area contributed by atoms with Crippen LogP contribution in [0.2, 0.25) is 0 Å². The monoisotopic (exact) mass is 446 g/mol. The third-order valence-electron chi connectivity index (χ3n) is 4.17. The van der Waals surface area contributed by atoms with E-state index in [0.29, 0.717) is 6.54 Å². The lowest BCUT2D eigenvalue weighted by Crippen LogP contribution is -2.41. The highest BCUT2D eigenvalue weighted by Crippen LogP contribution is 2.17. The molecule has 1 unspecified atom stereocenters. The highest BCUT2D eigenvalue weighted by atomic mass is 19.4. The van der Waals surface area contributed by atoms with Crippen LogP contribution in [0.4, 0.5) is 13.2 Å². The van der Waals surface area contributed by atoms with Crippen molar-refractivity contribution < 1.29 is 46.6 Å². The fourth-order valence-electron chi connectivity index (χ4n) is 2.61. The van der Waals surface area contributed by atoms with Crippen LogP contribution in [0.5, 0.6) is 5.75 Å². The molecule has 2 N–H and O–H groups in total. The van der Waals surface area contributed by atoms with Crippen molar-refractivity contribution in [1.82, 2.24) is 10.6 Å². The Morgan fingerprint density at radius 3 is 2.42 bits per heavy atom. The van der Waals surface area contributed by atoms with Crippen LogP contribution in [0, 0.1) is 0 Å². The molecule has 0 saturated carbocycles. The van der Waals surface area contributed by atoms with E-state index in [4.69, 9.17) is 9.47 Å². The first-order valence-corrected chi connectivity index (χ1v) is 9.27. The SMILES string of the molecule is C[C@H](NC(=O)COC1CCNC1)C(=O)c1ccc(OCC(=O)OC(=O)C(F)(F)F)cc1. The topological polar surface area (TPSA) is 120 Å². The summed E-state index contributed by atoms with van der Waals surface area (Å²) in [6.45, 7) is 1.91. The zero-order valence-corrected chi connectivity index (χ0v) is 16.5. The molecule has 0 aromatic heterocycles. The van der Waals surface area contributed by atoms with Gasteiger partial charge in [0, 0.05) is 12.1 Å². The van der Waals surface area contributed by atoms with Crippen LogP contribution >= 0.6 is 0 Å². The standard InChI is InChI=1S/C19H21F3N2O7/c1-11(24-15(25)9-29-14-6-7-23-8-14)17(27)12-2-4-13(5-3-12)30-10-16(26)31-18(28)19(20,21)22/h2-5,11,14,23H,6-10H2,1H3,(H,24,25)/t11-,14?/m0/s1. The van der Waals surface area contributed by atoms with Crippen molar-refractivity contribution in [2.45, 2.75) is 31.7 Å². The van der Waals surface area contributed by atoms with Gasteiger partial charge in [0.15, 0.2) is 12.4 Å². The predicted molar refractivity (Wildman–Crippen MR) is 98.3 cm³/mol. The fourth-order valence-corrected chi connectivity index (χ4v) is 2.61. The van der Waals surface area contributed by atoms with Crippen LogP contribution in [0.3, 0.4) is 0 Å². The van der Waals surface area contributed by atoms with Crippen molar-refractivity contribution in [3.05, 3.63) is 29.8 Å². The second kappa shape index (κ2) is 10.9. The number of hydrogen-bond donors (Lipinski definition) is 2. The highest BCUT2D eigenvalue weighted by Gasteiger charge is 2.42. The molecule has 1 saturated heterocycles. The molecule has 1 fully saturated rings. The molecule has 0 aliphatic carbocycles. The van der Waals surface area contributed by atoms with Gasteiger partial charge in [0.25, 0.3) is 0 Å². The van der Waals surface area contributed by atoms with Crippen LogP contribution in [-0.4, -0.2) is 68.3 Å². The molecule has 0 spiro atoms. The van der Waals surface area contributed by atoms with Gasteiger partial charge < -0.3 is 24.8 Å². The van der Waals surface area contributed by atoms with E-state index in [1.165, 1.54) is 31.2 Å². The molecule has 1 aliphatic heterocycles. The van der Waals surface area contributed by atoms with E-state index >= 15 is 0 Å². The zero-order chi connectivity index (χ0) is 23.0. The maximum atomic E-state index is 12.4. The minimum absolute atomic E-state index is 0.0341. The Morgan fingerprint density at radius 2 is 1.84 bits per heavy atom. The van der Waals surface area contributed by atoms with Gasteiger partial charge in [0.05, 0.1) is 12.1 Å². The fraction of sp³-hybridized carbons (Fsp3) is 0.474. The number of rotatable bonds is 9. The number of benzene rings is 1. The van der Waals surface area contributed by atoms with E-state index in [0.717, 1.165) is 13.0 Å². The lowest BCUT2D eigenvalue weighted by Gasteiger charge is -2.15. The Labute approximate surface area is 175 Å². The molecule has 12 heteroatoms. The predicted octanol–water partition coefficient (Wildman–Crippen LogP) is 0.763. The van der Waals surface area contributed by atoms with Gasteiger partial charge in [-0.1, -0.05) is 0 Å². The number of ether oxygens (including phenoxy) is 3. The minimum Gasteiger partial charge on any atom is -0.482 e. The van der Waals surface area contributed by atoms with Crippen LogP contribution in [0.1, 0.15) is 23.7 Å². The summed E-state index contributed by atoms with van der Waals surface area (Å²) in [6.07, 6.45) is -4.51. The third-order valence-corrected chi connectivity index (χ3v) is 4.17. The number of halogens is 3. The summed E-state index contributed by atoms with van der Waals surface area (Å²) in [5, 5.41) is 5.64. The second-order valence-electron chi connectivity index (χ2n) is 6.65. The maximum Gasteiger partial charge on any atom is 0.491 e. The van der Waals surface area contributed by atoms with E-state index in [1.807, 2.05) is 0 Å².